The first kappa shape index (κ1) is 13.7. The molecule has 6 nitrogen and oxygen atoms in total. The molecule has 0 radical (unpaired) electrons. The van der Waals surface area contributed by atoms with E-state index in [1.165, 1.54) is 0 Å². The molecule has 0 saturated heterocycles. The highest BCUT2D eigenvalue weighted by atomic mass is 32.1. The summed E-state index contributed by atoms with van der Waals surface area (Å²) < 4.78 is 0. The molecule has 0 bridgehead atoms. The van der Waals surface area contributed by atoms with Crippen molar-refractivity contribution in [2.24, 2.45) is 5.73 Å². The topological polar surface area (TPSA) is 92.9 Å². The molecule has 1 amide bonds. The van der Waals surface area contributed by atoms with Gasteiger partial charge in [0.15, 0.2) is 0 Å². The highest BCUT2D eigenvalue weighted by Gasteiger charge is 2.22. The second-order valence-electron chi connectivity index (χ2n) is 4.60. The van der Waals surface area contributed by atoms with Gasteiger partial charge in [0.05, 0.1) is 0 Å². The van der Waals surface area contributed by atoms with E-state index in [0.717, 1.165) is 18.5 Å². The van der Waals surface area contributed by atoms with Crippen molar-refractivity contribution < 1.29 is 4.79 Å². The van der Waals surface area contributed by atoms with Crippen LogP contribution in [0, 0.1) is 6.92 Å². The van der Waals surface area contributed by atoms with E-state index in [-0.39, 0.29) is 10.9 Å². The molecule has 1 saturated carbocycles. The number of thiocarbonyl (C=S) groups is 1. The average Bonchev–Trinajstić information content (AvgIpc) is 3.12. The van der Waals surface area contributed by atoms with Crippen LogP contribution in [0.4, 0.5) is 5.95 Å². The first-order chi connectivity index (χ1) is 9.04. The Hall–Kier alpha value is -1.76. The van der Waals surface area contributed by atoms with Crippen molar-refractivity contribution in [3.63, 3.8) is 0 Å². The zero-order valence-corrected chi connectivity index (χ0v) is 11.6. The second kappa shape index (κ2) is 5.92. The SMILES string of the molecule is Cc1cc(C(N)=S)nc(NCCC(=O)NC2CC2)n1. The monoisotopic (exact) mass is 279 g/mol. The summed E-state index contributed by atoms with van der Waals surface area (Å²) in [5, 5.41) is 5.93. The van der Waals surface area contributed by atoms with Crippen molar-refractivity contribution in [1.82, 2.24) is 15.3 Å². The molecule has 19 heavy (non-hydrogen) atoms. The lowest BCUT2D eigenvalue weighted by Crippen LogP contribution is -2.27. The van der Waals surface area contributed by atoms with E-state index < -0.39 is 0 Å². The zero-order chi connectivity index (χ0) is 13.8. The standard InChI is InChI=1S/C12H17N5OS/c1-7-6-9(11(13)19)17-12(15-7)14-5-4-10(18)16-8-2-3-8/h6,8H,2-5H2,1H3,(H2,13,19)(H,16,18)(H,14,15,17). The van der Waals surface area contributed by atoms with Crippen LogP contribution >= 0.6 is 12.2 Å². The van der Waals surface area contributed by atoms with Gasteiger partial charge < -0.3 is 16.4 Å². The molecule has 1 heterocycles. The molecule has 2 rings (SSSR count). The van der Waals surface area contributed by atoms with Crippen LogP contribution in [0.3, 0.4) is 0 Å². The minimum Gasteiger partial charge on any atom is -0.388 e. The number of carbonyl (C=O) groups is 1. The van der Waals surface area contributed by atoms with Gasteiger partial charge >= 0.3 is 0 Å². The fraction of sp³-hybridized carbons (Fsp3) is 0.500. The molecule has 1 fully saturated rings. The van der Waals surface area contributed by atoms with Crippen molar-refractivity contribution in [3.05, 3.63) is 17.5 Å². The molecular weight excluding hydrogens is 262 g/mol. The van der Waals surface area contributed by atoms with Crippen molar-refractivity contribution in [1.29, 1.82) is 0 Å². The van der Waals surface area contributed by atoms with E-state index in [1.807, 2.05) is 6.92 Å². The van der Waals surface area contributed by atoms with Gasteiger partial charge in [-0.2, -0.15) is 0 Å². The number of nitrogens with two attached hydrogens (primary N) is 1. The van der Waals surface area contributed by atoms with E-state index in [9.17, 15) is 4.79 Å². The van der Waals surface area contributed by atoms with Gasteiger partial charge in [-0.3, -0.25) is 4.79 Å². The van der Waals surface area contributed by atoms with Gasteiger partial charge in [0.25, 0.3) is 0 Å². The van der Waals surface area contributed by atoms with Gasteiger partial charge in [-0.1, -0.05) is 12.2 Å². The maximum atomic E-state index is 11.5. The van der Waals surface area contributed by atoms with Crippen LogP contribution in [0.25, 0.3) is 0 Å². The van der Waals surface area contributed by atoms with Crippen LogP contribution in [-0.2, 0) is 4.79 Å². The quantitative estimate of drug-likeness (QED) is 0.657. The summed E-state index contributed by atoms with van der Waals surface area (Å²) in [7, 11) is 0. The van der Waals surface area contributed by atoms with Crippen LogP contribution in [0.5, 0.6) is 0 Å². The van der Waals surface area contributed by atoms with Crippen molar-refractivity contribution in [3.8, 4) is 0 Å². The Morgan fingerprint density at radius 3 is 2.89 bits per heavy atom. The molecule has 1 aromatic heterocycles. The normalized spacial score (nSPS) is 13.9. The number of carbonyl (C=O) groups excluding carboxylic acids is 1. The number of aryl methyl sites for hydroxylation is 1. The number of nitrogens with zero attached hydrogens (tertiary/aromatic N) is 2. The number of amides is 1. The smallest absolute Gasteiger partial charge is 0.223 e. The third-order valence-corrected chi connectivity index (χ3v) is 2.89. The largest absolute Gasteiger partial charge is 0.388 e. The lowest BCUT2D eigenvalue weighted by molar-refractivity contribution is -0.120. The van der Waals surface area contributed by atoms with Crippen molar-refractivity contribution in [2.45, 2.75) is 32.2 Å². The molecule has 1 aromatic rings. The fourth-order valence-electron chi connectivity index (χ4n) is 1.59. The number of hydrogen-bond donors (Lipinski definition) is 3. The zero-order valence-electron chi connectivity index (χ0n) is 10.8. The summed E-state index contributed by atoms with van der Waals surface area (Å²) in [6, 6.07) is 2.12. The predicted octanol–water partition coefficient (Wildman–Crippen LogP) is 0.500. The summed E-state index contributed by atoms with van der Waals surface area (Å²) in [5.41, 5.74) is 6.85. The molecule has 0 aliphatic heterocycles. The highest BCUT2D eigenvalue weighted by molar-refractivity contribution is 7.80. The van der Waals surface area contributed by atoms with Gasteiger partial charge in [-0.15, -0.1) is 0 Å². The van der Waals surface area contributed by atoms with Crippen LogP contribution in [0.2, 0.25) is 0 Å². The first-order valence-electron chi connectivity index (χ1n) is 6.23. The molecule has 7 heteroatoms. The Morgan fingerprint density at radius 1 is 1.53 bits per heavy atom. The molecule has 0 spiro atoms. The first-order valence-corrected chi connectivity index (χ1v) is 6.64. The van der Waals surface area contributed by atoms with Gasteiger partial charge in [-0.05, 0) is 25.8 Å². The highest BCUT2D eigenvalue weighted by Crippen LogP contribution is 2.18. The van der Waals surface area contributed by atoms with E-state index in [1.54, 1.807) is 6.07 Å². The lowest BCUT2D eigenvalue weighted by atomic mass is 10.3. The molecule has 0 unspecified atom stereocenters. The molecule has 0 atom stereocenters. The van der Waals surface area contributed by atoms with Crippen molar-refractivity contribution >= 4 is 29.1 Å². The van der Waals surface area contributed by atoms with E-state index in [4.69, 9.17) is 18.0 Å². The predicted molar refractivity (Wildman–Crippen MR) is 76.9 cm³/mol. The van der Waals surface area contributed by atoms with E-state index in [2.05, 4.69) is 20.6 Å². The summed E-state index contributed by atoms with van der Waals surface area (Å²) >= 11 is 4.89. The summed E-state index contributed by atoms with van der Waals surface area (Å²) in [6.45, 7) is 2.33. The summed E-state index contributed by atoms with van der Waals surface area (Å²) in [6.07, 6.45) is 2.59. The Kier molecular flexibility index (Phi) is 4.26. The number of anilines is 1. The van der Waals surface area contributed by atoms with Crippen LogP contribution < -0.4 is 16.4 Å². The Balaban J connectivity index is 1.84. The number of hydrogen-bond acceptors (Lipinski definition) is 5. The Labute approximate surface area is 117 Å². The van der Waals surface area contributed by atoms with Crippen molar-refractivity contribution in [2.75, 3.05) is 11.9 Å². The third-order valence-electron chi connectivity index (χ3n) is 2.68. The Bertz CT molecular complexity index is 501. The van der Waals surface area contributed by atoms with E-state index >= 15 is 0 Å². The molecular formula is C12H17N5OS. The van der Waals surface area contributed by atoms with Crippen LogP contribution in [0.1, 0.15) is 30.7 Å². The minimum atomic E-state index is 0.0530. The molecule has 0 aromatic carbocycles. The van der Waals surface area contributed by atoms with Gasteiger partial charge in [0.1, 0.15) is 10.7 Å². The summed E-state index contributed by atoms with van der Waals surface area (Å²) in [4.78, 5) is 20.1. The molecule has 102 valence electrons. The molecule has 1 aliphatic rings. The van der Waals surface area contributed by atoms with E-state index in [0.29, 0.717) is 30.6 Å². The number of nitrogens with one attached hydrogen (secondary N) is 2. The van der Waals surface area contributed by atoms with Crippen LogP contribution in [0.15, 0.2) is 6.07 Å². The van der Waals surface area contributed by atoms with Gasteiger partial charge in [0.2, 0.25) is 11.9 Å². The number of aromatic nitrogens is 2. The minimum absolute atomic E-state index is 0.0530. The Morgan fingerprint density at radius 2 is 2.26 bits per heavy atom. The fourth-order valence-corrected chi connectivity index (χ4v) is 1.69. The second-order valence-corrected chi connectivity index (χ2v) is 5.04. The molecule has 1 aliphatic carbocycles. The summed E-state index contributed by atoms with van der Waals surface area (Å²) in [5.74, 6) is 0.499. The third kappa shape index (κ3) is 4.44. The van der Waals surface area contributed by atoms with Gasteiger partial charge in [-0.25, -0.2) is 9.97 Å². The van der Waals surface area contributed by atoms with Crippen LogP contribution in [-0.4, -0.2) is 33.5 Å². The van der Waals surface area contributed by atoms with Gasteiger partial charge in [0, 0.05) is 24.7 Å². The molecule has 4 N–H and O–H groups in total. The lowest BCUT2D eigenvalue weighted by Gasteiger charge is -2.07. The maximum absolute atomic E-state index is 11.5. The number of rotatable bonds is 6. The average molecular weight is 279 g/mol. The maximum Gasteiger partial charge on any atom is 0.223 e.